The molecule has 0 heterocycles. The molecule has 0 atom stereocenters. The second-order valence-corrected chi connectivity index (χ2v) is 5.31. The van der Waals surface area contributed by atoms with Gasteiger partial charge in [0, 0.05) is 22.9 Å². The van der Waals surface area contributed by atoms with E-state index in [9.17, 15) is 14.7 Å². The Bertz CT molecular complexity index is 532. The summed E-state index contributed by atoms with van der Waals surface area (Å²) in [6.07, 6.45) is 3.84. The standard InChI is InChI=1S/C14H17BrN2O4/c15-12-8-11(18)7-6-10(12)9-16-17-13(19)4-2-1-3-5-14(20)21/h6-9,18H,1-5H2,(H,17,19)(H,20,21)/b16-9+. The minimum Gasteiger partial charge on any atom is -0.508 e. The van der Waals surface area contributed by atoms with E-state index in [0.717, 1.165) is 5.56 Å². The number of nitrogens with one attached hydrogen (secondary N) is 1. The van der Waals surface area contributed by atoms with Crippen molar-refractivity contribution >= 4 is 34.0 Å². The molecule has 7 heteroatoms. The third kappa shape index (κ3) is 7.45. The normalized spacial score (nSPS) is 10.7. The number of phenolic OH excluding ortho intramolecular Hbond substituents is 1. The molecular weight excluding hydrogens is 340 g/mol. The van der Waals surface area contributed by atoms with Gasteiger partial charge in [0.2, 0.25) is 5.91 Å². The fraction of sp³-hybridized carbons (Fsp3) is 0.357. The highest BCUT2D eigenvalue weighted by Crippen LogP contribution is 2.20. The van der Waals surface area contributed by atoms with Gasteiger partial charge in [-0.05, 0) is 47.0 Å². The zero-order chi connectivity index (χ0) is 15.7. The molecule has 0 radical (unpaired) electrons. The van der Waals surface area contributed by atoms with Crippen molar-refractivity contribution in [3.05, 3.63) is 28.2 Å². The first-order valence-electron chi connectivity index (χ1n) is 6.51. The van der Waals surface area contributed by atoms with E-state index < -0.39 is 5.97 Å². The van der Waals surface area contributed by atoms with Crippen molar-refractivity contribution in [3.63, 3.8) is 0 Å². The number of unbranched alkanes of at least 4 members (excludes halogenated alkanes) is 2. The number of aliphatic carboxylic acids is 1. The lowest BCUT2D eigenvalue weighted by Crippen LogP contribution is -2.16. The van der Waals surface area contributed by atoms with Gasteiger partial charge in [-0.15, -0.1) is 0 Å². The first-order chi connectivity index (χ1) is 9.99. The molecule has 1 aromatic rings. The van der Waals surface area contributed by atoms with E-state index in [1.807, 2.05) is 0 Å². The van der Waals surface area contributed by atoms with Gasteiger partial charge >= 0.3 is 5.97 Å². The van der Waals surface area contributed by atoms with Crippen LogP contribution in [0.5, 0.6) is 5.75 Å². The Morgan fingerprint density at radius 3 is 2.62 bits per heavy atom. The predicted octanol–water partition coefficient (Wildman–Crippen LogP) is 2.64. The largest absolute Gasteiger partial charge is 0.508 e. The molecule has 0 aliphatic rings. The number of carbonyl (C=O) groups excluding carboxylic acids is 1. The predicted molar refractivity (Wildman–Crippen MR) is 82.3 cm³/mol. The highest BCUT2D eigenvalue weighted by molar-refractivity contribution is 9.10. The van der Waals surface area contributed by atoms with Gasteiger partial charge in [-0.2, -0.15) is 5.10 Å². The average Bonchev–Trinajstić information content (AvgIpc) is 2.40. The summed E-state index contributed by atoms with van der Waals surface area (Å²) in [5.74, 6) is -0.885. The van der Waals surface area contributed by atoms with Crippen LogP contribution in [0.15, 0.2) is 27.8 Å². The Labute approximate surface area is 131 Å². The minimum atomic E-state index is -0.816. The molecule has 3 N–H and O–H groups in total. The molecule has 1 rings (SSSR count). The van der Waals surface area contributed by atoms with Gasteiger partial charge < -0.3 is 10.2 Å². The van der Waals surface area contributed by atoms with Crippen molar-refractivity contribution in [2.75, 3.05) is 0 Å². The first-order valence-corrected chi connectivity index (χ1v) is 7.30. The lowest BCUT2D eigenvalue weighted by Gasteiger charge is -2.01. The summed E-state index contributed by atoms with van der Waals surface area (Å²) >= 11 is 3.27. The van der Waals surface area contributed by atoms with Crippen molar-refractivity contribution < 1.29 is 19.8 Å². The number of carbonyl (C=O) groups is 2. The van der Waals surface area contributed by atoms with Gasteiger partial charge in [0.25, 0.3) is 0 Å². The van der Waals surface area contributed by atoms with Crippen LogP contribution in [0.25, 0.3) is 0 Å². The van der Waals surface area contributed by atoms with Crippen LogP contribution in [0.2, 0.25) is 0 Å². The van der Waals surface area contributed by atoms with Crippen LogP contribution in [0.4, 0.5) is 0 Å². The molecule has 0 saturated carbocycles. The molecule has 6 nitrogen and oxygen atoms in total. The van der Waals surface area contributed by atoms with Crippen LogP contribution in [0.1, 0.15) is 37.7 Å². The number of halogens is 1. The quantitative estimate of drug-likeness (QED) is 0.378. The van der Waals surface area contributed by atoms with Crippen molar-refractivity contribution in [2.24, 2.45) is 5.10 Å². The van der Waals surface area contributed by atoms with E-state index in [1.54, 1.807) is 6.07 Å². The number of hydrogen-bond donors (Lipinski definition) is 3. The fourth-order valence-corrected chi connectivity index (χ4v) is 2.06. The molecule has 21 heavy (non-hydrogen) atoms. The molecule has 0 aliphatic heterocycles. The second kappa shape index (κ2) is 9.12. The zero-order valence-corrected chi connectivity index (χ0v) is 13.0. The maximum atomic E-state index is 11.5. The van der Waals surface area contributed by atoms with Gasteiger partial charge in [-0.1, -0.05) is 6.42 Å². The van der Waals surface area contributed by atoms with Gasteiger partial charge in [0.05, 0.1) is 6.21 Å². The molecule has 0 unspecified atom stereocenters. The summed E-state index contributed by atoms with van der Waals surface area (Å²) in [6.45, 7) is 0. The molecular formula is C14H17BrN2O4. The van der Waals surface area contributed by atoms with E-state index in [0.29, 0.717) is 30.2 Å². The van der Waals surface area contributed by atoms with Gasteiger partial charge in [0.1, 0.15) is 5.75 Å². The van der Waals surface area contributed by atoms with Crippen LogP contribution < -0.4 is 5.43 Å². The highest BCUT2D eigenvalue weighted by atomic mass is 79.9. The van der Waals surface area contributed by atoms with E-state index in [4.69, 9.17) is 5.11 Å². The lowest BCUT2D eigenvalue weighted by molar-refractivity contribution is -0.137. The third-order valence-corrected chi connectivity index (χ3v) is 3.36. The second-order valence-electron chi connectivity index (χ2n) is 4.45. The summed E-state index contributed by atoms with van der Waals surface area (Å²) in [6, 6.07) is 4.73. The number of carboxylic acids is 1. The Balaban J connectivity index is 2.26. The number of nitrogens with zero attached hydrogens (tertiary/aromatic N) is 1. The SMILES string of the molecule is O=C(O)CCCCCC(=O)N/N=C/c1ccc(O)cc1Br. The number of hydrogen-bond acceptors (Lipinski definition) is 4. The zero-order valence-electron chi connectivity index (χ0n) is 11.4. The van der Waals surface area contributed by atoms with E-state index >= 15 is 0 Å². The van der Waals surface area contributed by atoms with Crippen molar-refractivity contribution in [3.8, 4) is 5.75 Å². The molecule has 0 fully saturated rings. The molecule has 1 aromatic carbocycles. The molecule has 0 spiro atoms. The molecule has 0 saturated heterocycles. The average molecular weight is 357 g/mol. The smallest absolute Gasteiger partial charge is 0.303 e. The van der Waals surface area contributed by atoms with Crippen molar-refractivity contribution in [1.29, 1.82) is 0 Å². The number of hydrazone groups is 1. The van der Waals surface area contributed by atoms with Gasteiger partial charge in [0.15, 0.2) is 0 Å². The number of benzene rings is 1. The van der Waals surface area contributed by atoms with Gasteiger partial charge in [-0.25, -0.2) is 5.43 Å². The maximum Gasteiger partial charge on any atom is 0.303 e. The van der Waals surface area contributed by atoms with Crippen LogP contribution in [-0.2, 0) is 9.59 Å². The molecule has 0 aromatic heterocycles. The maximum absolute atomic E-state index is 11.5. The monoisotopic (exact) mass is 356 g/mol. The summed E-state index contributed by atoms with van der Waals surface area (Å²) in [5, 5.41) is 21.5. The Morgan fingerprint density at radius 2 is 1.95 bits per heavy atom. The summed E-state index contributed by atoms with van der Waals surface area (Å²) < 4.78 is 0.675. The number of amides is 1. The molecule has 114 valence electrons. The summed E-state index contributed by atoms with van der Waals surface area (Å²) in [7, 11) is 0. The summed E-state index contributed by atoms with van der Waals surface area (Å²) in [4.78, 5) is 21.8. The topological polar surface area (TPSA) is 99.0 Å². The molecule has 1 amide bonds. The van der Waals surface area contributed by atoms with E-state index in [-0.39, 0.29) is 18.1 Å². The van der Waals surface area contributed by atoms with Crippen LogP contribution in [0.3, 0.4) is 0 Å². The number of carboxylic acid groups (broad SMARTS) is 1. The third-order valence-electron chi connectivity index (χ3n) is 2.67. The van der Waals surface area contributed by atoms with Crippen LogP contribution in [0, 0.1) is 0 Å². The Morgan fingerprint density at radius 1 is 1.24 bits per heavy atom. The molecule has 0 bridgehead atoms. The van der Waals surface area contributed by atoms with E-state index in [1.165, 1.54) is 18.3 Å². The first kappa shape index (κ1) is 17.2. The van der Waals surface area contributed by atoms with Gasteiger partial charge in [-0.3, -0.25) is 9.59 Å². The van der Waals surface area contributed by atoms with Crippen molar-refractivity contribution in [2.45, 2.75) is 32.1 Å². The number of rotatable bonds is 8. The lowest BCUT2D eigenvalue weighted by atomic mass is 10.1. The minimum absolute atomic E-state index is 0.134. The fourth-order valence-electron chi connectivity index (χ4n) is 1.59. The Hall–Kier alpha value is -1.89. The van der Waals surface area contributed by atoms with E-state index in [2.05, 4.69) is 26.5 Å². The number of aromatic hydroxyl groups is 1. The van der Waals surface area contributed by atoms with Crippen LogP contribution >= 0.6 is 15.9 Å². The number of phenols is 1. The summed E-state index contributed by atoms with van der Waals surface area (Å²) in [5.41, 5.74) is 3.13. The van der Waals surface area contributed by atoms with Crippen LogP contribution in [-0.4, -0.2) is 28.3 Å². The highest BCUT2D eigenvalue weighted by Gasteiger charge is 2.02. The Kier molecular flexibility index (Phi) is 7.45. The molecule has 0 aliphatic carbocycles. The van der Waals surface area contributed by atoms with Crippen molar-refractivity contribution in [1.82, 2.24) is 5.43 Å².